The summed E-state index contributed by atoms with van der Waals surface area (Å²) in [5, 5.41) is 3.36. The Morgan fingerprint density at radius 1 is 1.20 bits per heavy atom. The predicted molar refractivity (Wildman–Crippen MR) is 86.5 cm³/mol. The minimum absolute atomic E-state index is 0.0113. The van der Waals surface area contributed by atoms with E-state index in [2.05, 4.69) is 44.9 Å². The molecule has 0 aliphatic heterocycles. The lowest BCUT2D eigenvalue weighted by atomic mass is 10.1. The maximum atomic E-state index is 5.90. The van der Waals surface area contributed by atoms with Gasteiger partial charge in [-0.2, -0.15) is 4.98 Å². The average molecular weight is 278 g/mol. The lowest BCUT2D eigenvalue weighted by Gasteiger charge is -2.22. The summed E-state index contributed by atoms with van der Waals surface area (Å²) >= 11 is 0. The summed E-state index contributed by atoms with van der Waals surface area (Å²) in [7, 11) is 0. The highest BCUT2D eigenvalue weighted by Crippen LogP contribution is 2.18. The van der Waals surface area contributed by atoms with Crippen LogP contribution in [0.2, 0.25) is 0 Å². The van der Waals surface area contributed by atoms with Crippen molar-refractivity contribution in [1.82, 2.24) is 4.98 Å². The lowest BCUT2D eigenvalue weighted by Crippen LogP contribution is -2.26. The molecular formula is C17H30N2O. The van der Waals surface area contributed by atoms with Gasteiger partial charge in [0.25, 0.3) is 0 Å². The molecule has 1 rings (SSSR count). The molecule has 0 aliphatic carbocycles. The van der Waals surface area contributed by atoms with Crippen molar-refractivity contribution in [2.24, 2.45) is 0 Å². The summed E-state index contributed by atoms with van der Waals surface area (Å²) in [4.78, 5) is 4.51. The summed E-state index contributed by atoms with van der Waals surface area (Å²) in [5.41, 5.74) is 0.0113. The Kier molecular flexibility index (Phi) is 6.83. The number of hydrogen-bond donors (Lipinski definition) is 1. The topological polar surface area (TPSA) is 34.1 Å². The Hall–Kier alpha value is -1.25. The molecular weight excluding hydrogens is 248 g/mol. The first-order valence-corrected chi connectivity index (χ1v) is 7.82. The fourth-order valence-electron chi connectivity index (χ4n) is 2.06. The van der Waals surface area contributed by atoms with Gasteiger partial charge in [-0.25, -0.2) is 0 Å². The standard InChI is InChI=1S/C17H30N2O/c1-6-7-8-9-11-14(2)20-16-13-10-12-15(18-16)19-17(3,4)5/h10,12-14H,6-9,11H2,1-5H3,(H,18,19). The Bertz CT molecular complexity index is 385. The molecule has 3 nitrogen and oxygen atoms in total. The highest BCUT2D eigenvalue weighted by molar-refractivity contribution is 5.39. The molecule has 1 N–H and O–H groups in total. The number of unbranched alkanes of at least 4 members (excludes halogenated alkanes) is 3. The molecule has 0 saturated carbocycles. The Morgan fingerprint density at radius 2 is 1.95 bits per heavy atom. The van der Waals surface area contributed by atoms with Crippen molar-refractivity contribution < 1.29 is 4.74 Å². The van der Waals surface area contributed by atoms with Gasteiger partial charge in [-0.1, -0.05) is 32.3 Å². The molecule has 114 valence electrons. The van der Waals surface area contributed by atoms with Gasteiger partial charge in [0.15, 0.2) is 0 Å². The van der Waals surface area contributed by atoms with Crippen LogP contribution < -0.4 is 10.1 Å². The molecule has 1 aromatic heterocycles. The molecule has 0 amide bonds. The van der Waals surface area contributed by atoms with Crippen molar-refractivity contribution in [2.75, 3.05) is 5.32 Å². The number of rotatable bonds is 8. The fraction of sp³-hybridized carbons (Fsp3) is 0.706. The number of aromatic nitrogens is 1. The predicted octanol–water partition coefficient (Wildman–Crippen LogP) is 5.03. The van der Waals surface area contributed by atoms with Crippen LogP contribution >= 0.6 is 0 Å². The first-order valence-electron chi connectivity index (χ1n) is 7.82. The van der Waals surface area contributed by atoms with Crippen molar-refractivity contribution >= 4 is 5.82 Å². The zero-order valence-corrected chi connectivity index (χ0v) is 13.7. The monoisotopic (exact) mass is 278 g/mol. The molecule has 0 fully saturated rings. The van der Waals surface area contributed by atoms with Gasteiger partial charge >= 0.3 is 0 Å². The summed E-state index contributed by atoms with van der Waals surface area (Å²) in [5.74, 6) is 1.58. The van der Waals surface area contributed by atoms with E-state index >= 15 is 0 Å². The van der Waals surface area contributed by atoms with Crippen LogP contribution in [0.4, 0.5) is 5.82 Å². The number of nitrogens with zero attached hydrogens (tertiary/aromatic N) is 1. The van der Waals surface area contributed by atoms with Crippen LogP contribution in [-0.2, 0) is 0 Å². The second kappa shape index (κ2) is 8.13. The van der Waals surface area contributed by atoms with Gasteiger partial charge in [-0.3, -0.25) is 0 Å². The van der Waals surface area contributed by atoms with Crippen LogP contribution in [0.25, 0.3) is 0 Å². The van der Waals surface area contributed by atoms with Gasteiger partial charge in [0.05, 0.1) is 6.10 Å². The second-order valence-electron chi connectivity index (χ2n) is 6.51. The van der Waals surface area contributed by atoms with E-state index in [1.807, 2.05) is 18.2 Å². The van der Waals surface area contributed by atoms with Crippen LogP contribution in [0.15, 0.2) is 18.2 Å². The molecule has 1 heterocycles. The van der Waals surface area contributed by atoms with Crippen LogP contribution in [0.5, 0.6) is 5.88 Å². The van der Waals surface area contributed by atoms with E-state index < -0.39 is 0 Å². The van der Waals surface area contributed by atoms with E-state index in [4.69, 9.17) is 4.74 Å². The fourth-order valence-corrected chi connectivity index (χ4v) is 2.06. The van der Waals surface area contributed by atoms with E-state index in [-0.39, 0.29) is 11.6 Å². The Morgan fingerprint density at radius 3 is 2.60 bits per heavy atom. The largest absolute Gasteiger partial charge is 0.475 e. The third-order valence-corrected chi connectivity index (χ3v) is 3.01. The normalized spacial score (nSPS) is 13.1. The van der Waals surface area contributed by atoms with E-state index in [0.717, 1.165) is 12.2 Å². The molecule has 0 radical (unpaired) electrons. The number of anilines is 1. The molecule has 3 heteroatoms. The smallest absolute Gasteiger partial charge is 0.215 e. The number of pyridine rings is 1. The molecule has 0 spiro atoms. The molecule has 0 bridgehead atoms. The number of ether oxygens (including phenoxy) is 1. The minimum Gasteiger partial charge on any atom is -0.475 e. The highest BCUT2D eigenvalue weighted by Gasteiger charge is 2.11. The summed E-state index contributed by atoms with van der Waals surface area (Å²) in [6.45, 7) is 10.7. The summed E-state index contributed by atoms with van der Waals surface area (Å²) in [6, 6.07) is 5.89. The summed E-state index contributed by atoms with van der Waals surface area (Å²) < 4.78 is 5.90. The van der Waals surface area contributed by atoms with Crippen LogP contribution in [-0.4, -0.2) is 16.6 Å². The molecule has 1 aromatic rings. The van der Waals surface area contributed by atoms with Gasteiger partial charge in [0.1, 0.15) is 5.82 Å². The van der Waals surface area contributed by atoms with Crippen molar-refractivity contribution in [3.63, 3.8) is 0 Å². The highest BCUT2D eigenvalue weighted by atomic mass is 16.5. The van der Waals surface area contributed by atoms with Gasteiger partial charge in [-0.05, 0) is 46.6 Å². The maximum Gasteiger partial charge on any atom is 0.215 e. The first kappa shape index (κ1) is 16.8. The maximum absolute atomic E-state index is 5.90. The van der Waals surface area contributed by atoms with E-state index in [1.54, 1.807) is 0 Å². The molecule has 0 saturated heterocycles. The summed E-state index contributed by atoms with van der Waals surface area (Å²) in [6.07, 6.45) is 6.44. The zero-order chi connectivity index (χ0) is 15.0. The average Bonchev–Trinajstić information content (AvgIpc) is 2.33. The lowest BCUT2D eigenvalue weighted by molar-refractivity contribution is 0.198. The third-order valence-electron chi connectivity index (χ3n) is 3.01. The quantitative estimate of drug-likeness (QED) is 0.677. The first-order chi connectivity index (χ1) is 9.40. The SMILES string of the molecule is CCCCCCC(C)Oc1cccc(NC(C)(C)C)n1. The number of nitrogens with one attached hydrogen (secondary N) is 1. The minimum atomic E-state index is 0.0113. The van der Waals surface area contributed by atoms with Crippen molar-refractivity contribution in [2.45, 2.75) is 78.4 Å². The van der Waals surface area contributed by atoms with E-state index in [9.17, 15) is 0 Å². The van der Waals surface area contributed by atoms with Gasteiger partial charge in [0.2, 0.25) is 5.88 Å². The second-order valence-corrected chi connectivity index (χ2v) is 6.51. The van der Waals surface area contributed by atoms with E-state index in [1.165, 1.54) is 25.7 Å². The molecule has 1 unspecified atom stereocenters. The van der Waals surface area contributed by atoms with E-state index in [0.29, 0.717) is 5.88 Å². The van der Waals surface area contributed by atoms with Gasteiger partial charge in [0, 0.05) is 11.6 Å². The van der Waals surface area contributed by atoms with Crippen LogP contribution in [0.3, 0.4) is 0 Å². The Balaban J connectivity index is 2.45. The van der Waals surface area contributed by atoms with Gasteiger partial charge < -0.3 is 10.1 Å². The van der Waals surface area contributed by atoms with Crippen LogP contribution in [0.1, 0.15) is 66.7 Å². The molecule has 20 heavy (non-hydrogen) atoms. The molecule has 1 atom stereocenters. The molecule has 0 aromatic carbocycles. The van der Waals surface area contributed by atoms with Gasteiger partial charge in [-0.15, -0.1) is 0 Å². The van der Waals surface area contributed by atoms with Crippen molar-refractivity contribution in [3.8, 4) is 5.88 Å². The number of hydrogen-bond acceptors (Lipinski definition) is 3. The van der Waals surface area contributed by atoms with Crippen molar-refractivity contribution in [1.29, 1.82) is 0 Å². The molecule has 0 aliphatic rings. The Labute approximate surface area is 124 Å². The van der Waals surface area contributed by atoms with Crippen molar-refractivity contribution in [3.05, 3.63) is 18.2 Å². The third kappa shape index (κ3) is 7.37. The zero-order valence-electron chi connectivity index (χ0n) is 13.7. The van der Waals surface area contributed by atoms with Crippen LogP contribution in [0, 0.1) is 0 Å².